The summed E-state index contributed by atoms with van der Waals surface area (Å²) in [6, 6.07) is 6.64. The van der Waals surface area contributed by atoms with Crippen LogP contribution in [0.3, 0.4) is 0 Å². The average molecular weight is 280 g/mol. The van der Waals surface area contributed by atoms with Crippen LogP contribution in [0.1, 0.15) is 10.4 Å². The lowest BCUT2D eigenvalue weighted by Gasteiger charge is -2.06. The summed E-state index contributed by atoms with van der Waals surface area (Å²) in [5.41, 5.74) is -0.0159. The van der Waals surface area contributed by atoms with E-state index in [4.69, 9.17) is 5.11 Å². The van der Waals surface area contributed by atoms with Crippen molar-refractivity contribution < 1.29 is 23.8 Å². The third kappa shape index (κ3) is 3.11. The van der Waals surface area contributed by atoms with Gasteiger partial charge in [-0.2, -0.15) is 0 Å². The molecule has 0 atom stereocenters. The molecule has 0 aromatic heterocycles. The molecule has 6 heteroatoms. The molecule has 0 unspecified atom stereocenters. The van der Waals surface area contributed by atoms with E-state index in [0.29, 0.717) is 6.07 Å². The molecule has 2 aromatic rings. The fourth-order valence-electron chi connectivity index (χ4n) is 1.60. The van der Waals surface area contributed by atoms with E-state index in [-0.39, 0.29) is 34.1 Å². The summed E-state index contributed by atoms with van der Waals surface area (Å²) >= 11 is 0. The Morgan fingerprint density at radius 2 is 1.74 bits per heavy atom. The van der Waals surface area contributed by atoms with Gasteiger partial charge in [0.25, 0.3) is 0 Å². The predicted octanol–water partition coefficient (Wildman–Crippen LogP) is 1.85. The van der Waals surface area contributed by atoms with Gasteiger partial charge < -0.3 is 10.2 Å². The van der Waals surface area contributed by atoms with E-state index in [0.717, 1.165) is 18.2 Å². The summed E-state index contributed by atoms with van der Waals surface area (Å²) in [4.78, 5) is 10.8. The van der Waals surface area contributed by atoms with Gasteiger partial charge in [0, 0.05) is 11.6 Å². The van der Waals surface area contributed by atoms with Crippen molar-refractivity contribution in [2.45, 2.75) is 0 Å². The number of benzene rings is 2. The molecule has 0 aliphatic heterocycles. The number of phenols is 1. The number of carboxylic acids is 1. The molecule has 0 fully saturated rings. The maximum absolute atomic E-state index is 13.5. The van der Waals surface area contributed by atoms with Crippen LogP contribution in [0.2, 0.25) is 0 Å². The molecule has 0 saturated carbocycles. The zero-order valence-corrected chi connectivity index (χ0v) is 9.02. The molecule has 19 heavy (non-hydrogen) atoms. The molecule has 0 spiro atoms. The lowest BCUT2D eigenvalue weighted by Crippen LogP contribution is -1.97. The molecule has 0 radical (unpaired) electrons. The van der Waals surface area contributed by atoms with Gasteiger partial charge in [0.15, 0.2) is 17.4 Å². The van der Waals surface area contributed by atoms with Crippen LogP contribution in [0, 0.1) is 11.6 Å². The minimum Gasteiger partial charge on any atom is -0.507 e. The highest BCUT2D eigenvalue weighted by molar-refractivity contribution is 5.92. The molecular weight excluding hydrogens is 269 g/mol. The molecule has 98 valence electrons. The van der Waals surface area contributed by atoms with Crippen LogP contribution < -0.4 is 0 Å². The van der Waals surface area contributed by atoms with Gasteiger partial charge in [0.1, 0.15) is 22.9 Å². The number of hydrogen-bond acceptors (Lipinski definition) is 2. The van der Waals surface area contributed by atoms with Crippen molar-refractivity contribution in [2.75, 3.05) is 0 Å². The molecule has 2 N–H and O–H groups in total. The van der Waals surface area contributed by atoms with Gasteiger partial charge in [-0.05, 0) is 29.8 Å². The van der Waals surface area contributed by atoms with Gasteiger partial charge in [0.2, 0.25) is 0 Å². The zero-order valence-electron chi connectivity index (χ0n) is 9.02. The van der Waals surface area contributed by atoms with Gasteiger partial charge in [-0.15, -0.1) is 0 Å². The zero-order chi connectivity index (χ0) is 13.3. The molecule has 0 bridgehead atoms. The second-order valence-corrected chi connectivity index (χ2v) is 3.66. The standard InChI is InChI=1S/C13H8F2O3.Al.3H/c14-8-2-3-9(11(15)6-8)7-1-4-12(16)10(5-7)13(17)18;;;;/h1-6,16H,(H,17,18);;;;. The summed E-state index contributed by atoms with van der Waals surface area (Å²) in [7, 11) is 0. The van der Waals surface area contributed by atoms with E-state index in [9.17, 15) is 18.7 Å². The van der Waals surface area contributed by atoms with Crippen molar-refractivity contribution in [3.8, 4) is 16.9 Å². The molecular formula is C13H11AlF2O3. The SMILES string of the molecule is O=C(O)c1cc(-c2ccc(F)cc2F)ccc1O.[AlH3]. The van der Waals surface area contributed by atoms with Crippen molar-refractivity contribution in [1.82, 2.24) is 0 Å². The second-order valence-electron chi connectivity index (χ2n) is 3.66. The Balaban J connectivity index is 0.00000180. The van der Waals surface area contributed by atoms with Crippen LogP contribution in [0.4, 0.5) is 8.78 Å². The first-order valence-corrected chi connectivity index (χ1v) is 5.01. The smallest absolute Gasteiger partial charge is 0.339 e. The van der Waals surface area contributed by atoms with E-state index < -0.39 is 23.4 Å². The Kier molecular flexibility index (Phi) is 4.65. The highest BCUT2D eigenvalue weighted by Gasteiger charge is 2.13. The Hall–Kier alpha value is -1.90. The normalized spacial score (nSPS) is 9.79. The molecule has 0 aliphatic rings. The first kappa shape index (κ1) is 15.2. The number of carboxylic acid groups (broad SMARTS) is 1. The molecule has 0 aliphatic carbocycles. The fraction of sp³-hybridized carbons (Fsp3) is 0. The first-order valence-electron chi connectivity index (χ1n) is 5.01. The van der Waals surface area contributed by atoms with E-state index in [1.165, 1.54) is 12.1 Å². The van der Waals surface area contributed by atoms with Crippen molar-refractivity contribution in [2.24, 2.45) is 0 Å². The molecule has 2 rings (SSSR count). The average Bonchev–Trinajstić information content (AvgIpc) is 2.30. The van der Waals surface area contributed by atoms with Crippen molar-refractivity contribution in [1.29, 1.82) is 0 Å². The van der Waals surface area contributed by atoms with E-state index in [1.54, 1.807) is 0 Å². The molecule has 3 nitrogen and oxygen atoms in total. The summed E-state index contributed by atoms with van der Waals surface area (Å²) < 4.78 is 26.3. The first-order chi connectivity index (χ1) is 8.49. The third-order valence-corrected chi connectivity index (χ3v) is 2.47. The Morgan fingerprint density at radius 3 is 2.32 bits per heavy atom. The quantitative estimate of drug-likeness (QED) is 0.825. The maximum atomic E-state index is 13.5. The minimum absolute atomic E-state index is 0. The number of aromatic carboxylic acids is 1. The Morgan fingerprint density at radius 1 is 1.05 bits per heavy atom. The third-order valence-electron chi connectivity index (χ3n) is 2.47. The van der Waals surface area contributed by atoms with Crippen LogP contribution in [-0.2, 0) is 0 Å². The van der Waals surface area contributed by atoms with Crippen molar-refractivity contribution in [3.63, 3.8) is 0 Å². The summed E-state index contributed by atoms with van der Waals surface area (Å²) in [6.45, 7) is 0. The van der Waals surface area contributed by atoms with Crippen LogP contribution in [0.15, 0.2) is 36.4 Å². The molecule has 0 heterocycles. The van der Waals surface area contributed by atoms with Gasteiger partial charge in [-0.1, -0.05) is 6.07 Å². The summed E-state index contributed by atoms with van der Waals surface area (Å²) in [6.07, 6.45) is 0. The second kappa shape index (κ2) is 5.83. The van der Waals surface area contributed by atoms with Crippen LogP contribution in [0.5, 0.6) is 5.75 Å². The molecule has 0 saturated heterocycles. The van der Waals surface area contributed by atoms with E-state index in [1.807, 2.05) is 0 Å². The van der Waals surface area contributed by atoms with Crippen LogP contribution in [-0.4, -0.2) is 33.5 Å². The predicted molar refractivity (Wildman–Crippen MR) is 70.4 cm³/mol. The topological polar surface area (TPSA) is 57.5 Å². The monoisotopic (exact) mass is 280 g/mol. The van der Waals surface area contributed by atoms with Crippen molar-refractivity contribution >= 4 is 23.3 Å². The molecule has 2 aromatic carbocycles. The number of hydrogen-bond donors (Lipinski definition) is 2. The lowest BCUT2D eigenvalue weighted by atomic mass is 10.0. The van der Waals surface area contributed by atoms with E-state index in [2.05, 4.69) is 0 Å². The summed E-state index contributed by atoms with van der Waals surface area (Å²) in [5, 5.41) is 18.2. The largest absolute Gasteiger partial charge is 0.507 e. The van der Waals surface area contributed by atoms with Crippen LogP contribution in [0.25, 0.3) is 11.1 Å². The maximum Gasteiger partial charge on any atom is 0.339 e. The lowest BCUT2D eigenvalue weighted by molar-refractivity contribution is 0.0694. The number of halogens is 2. The van der Waals surface area contributed by atoms with Gasteiger partial charge in [0.05, 0.1) is 0 Å². The Bertz CT molecular complexity index is 629. The highest BCUT2D eigenvalue weighted by atomic mass is 27.0. The Labute approximate surface area is 118 Å². The number of carbonyl (C=O) groups is 1. The summed E-state index contributed by atoms with van der Waals surface area (Å²) in [5.74, 6) is -3.24. The minimum atomic E-state index is -1.32. The van der Waals surface area contributed by atoms with E-state index >= 15 is 0 Å². The van der Waals surface area contributed by atoms with Crippen LogP contribution >= 0.6 is 0 Å². The molecule has 0 amide bonds. The number of aromatic hydroxyl groups is 1. The van der Waals surface area contributed by atoms with Gasteiger partial charge in [-0.3, -0.25) is 0 Å². The van der Waals surface area contributed by atoms with Gasteiger partial charge >= 0.3 is 5.97 Å². The number of rotatable bonds is 2. The fourth-order valence-corrected chi connectivity index (χ4v) is 1.60. The highest BCUT2D eigenvalue weighted by Crippen LogP contribution is 2.28. The van der Waals surface area contributed by atoms with Crippen molar-refractivity contribution in [3.05, 3.63) is 53.6 Å². The van der Waals surface area contributed by atoms with Gasteiger partial charge in [-0.25, -0.2) is 13.6 Å².